The fraction of sp³-hybridized carbons (Fsp3) is 0.250. The van der Waals surface area contributed by atoms with Crippen LogP contribution in [0.1, 0.15) is 5.56 Å². The van der Waals surface area contributed by atoms with Gasteiger partial charge in [-0.3, -0.25) is 0 Å². The molecule has 0 aliphatic rings. The Morgan fingerprint density at radius 3 is 2.70 bits per heavy atom. The van der Waals surface area contributed by atoms with Gasteiger partial charge in [0.05, 0.1) is 0 Å². The molecule has 0 spiro atoms. The summed E-state index contributed by atoms with van der Waals surface area (Å²) in [5.74, 6) is 0.652. The summed E-state index contributed by atoms with van der Waals surface area (Å²) >= 11 is 7.52. The molecule has 0 aliphatic heterocycles. The Bertz CT molecular complexity index is 562. The molecule has 0 heterocycles. The largest absolute Gasteiger partial charge is 0.316 e. The molecule has 0 radical (unpaired) electrons. The maximum Gasteiger partial charge on any atom is 0.136 e. The second-order valence-corrected chi connectivity index (χ2v) is 6.06. The molecular formula is C16H17ClFNS. The monoisotopic (exact) mass is 309 g/mol. The predicted molar refractivity (Wildman–Crippen MR) is 85.1 cm³/mol. The lowest BCUT2D eigenvalue weighted by Gasteiger charge is -2.16. The van der Waals surface area contributed by atoms with Crippen LogP contribution in [0.5, 0.6) is 0 Å². The van der Waals surface area contributed by atoms with Crippen molar-refractivity contribution >= 4 is 23.4 Å². The van der Waals surface area contributed by atoms with Crippen molar-refractivity contribution in [2.45, 2.75) is 17.4 Å². The lowest BCUT2D eigenvalue weighted by atomic mass is 10.1. The number of benzene rings is 2. The van der Waals surface area contributed by atoms with Crippen LogP contribution >= 0.6 is 23.4 Å². The van der Waals surface area contributed by atoms with Crippen LogP contribution in [0.3, 0.4) is 0 Å². The second-order valence-electron chi connectivity index (χ2n) is 4.56. The molecule has 0 aromatic heterocycles. The zero-order valence-corrected chi connectivity index (χ0v) is 12.8. The Kier molecular flexibility index (Phi) is 5.89. The van der Waals surface area contributed by atoms with Gasteiger partial charge in [0, 0.05) is 21.7 Å². The highest BCUT2D eigenvalue weighted by molar-refractivity contribution is 7.99. The maximum absolute atomic E-state index is 13.6. The van der Waals surface area contributed by atoms with Crippen molar-refractivity contribution in [3.63, 3.8) is 0 Å². The van der Waals surface area contributed by atoms with Crippen LogP contribution < -0.4 is 5.32 Å². The minimum Gasteiger partial charge on any atom is -0.316 e. The number of likely N-dealkylation sites (N-methyl/N-ethyl adjacent to an activating group) is 1. The highest BCUT2D eigenvalue weighted by atomic mass is 35.5. The Labute approximate surface area is 128 Å². The Morgan fingerprint density at radius 2 is 2.00 bits per heavy atom. The third kappa shape index (κ3) is 4.51. The first-order valence-electron chi connectivity index (χ1n) is 6.48. The first kappa shape index (κ1) is 15.4. The van der Waals surface area contributed by atoms with E-state index in [0.29, 0.717) is 4.90 Å². The Balaban J connectivity index is 1.94. The van der Waals surface area contributed by atoms with E-state index in [4.69, 9.17) is 11.6 Å². The highest BCUT2D eigenvalue weighted by Gasteiger charge is 2.10. The number of hydrogen-bond donors (Lipinski definition) is 1. The van der Waals surface area contributed by atoms with Gasteiger partial charge in [0.25, 0.3) is 0 Å². The molecule has 1 atom stereocenters. The third-order valence-corrected chi connectivity index (χ3v) is 4.50. The minimum absolute atomic E-state index is 0.157. The fourth-order valence-corrected chi connectivity index (χ4v) is 3.20. The minimum atomic E-state index is -0.157. The summed E-state index contributed by atoms with van der Waals surface area (Å²) in [7, 11) is 1.93. The van der Waals surface area contributed by atoms with E-state index in [-0.39, 0.29) is 11.9 Å². The summed E-state index contributed by atoms with van der Waals surface area (Å²) in [6, 6.07) is 15.0. The molecule has 4 heteroatoms. The van der Waals surface area contributed by atoms with Gasteiger partial charge in [-0.2, -0.15) is 0 Å². The summed E-state index contributed by atoms with van der Waals surface area (Å²) in [6.45, 7) is 0. The molecular weight excluding hydrogens is 293 g/mol. The highest BCUT2D eigenvalue weighted by Crippen LogP contribution is 2.23. The first-order chi connectivity index (χ1) is 9.69. The Hall–Kier alpha value is -1.03. The van der Waals surface area contributed by atoms with Crippen LogP contribution in [0.2, 0.25) is 5.02 Å². The van der Waals surface area contributed by atoms with E-state index in [1.165, 1.54) is 23.4 Å². The van der Waals surface area contributed by atoms with E-state index in [1.54, 1.807) is 6.07 Å². The molecule has 0 saturated heterocycles. The lowest BCUT2D eigenvalue weighted by molar-refractivity contribution is 0.598. The van der Waals surface area contributed by atoms with E-state index < -0.39 is 0 Å². The van der Waals surface area contributed by atoms with Crippen LogP contribution in [0.25, 0.3) is 0 Å². The summed E-state index contributed by atoms with van der Waals surface area (Å²) in [5.41, 5.74) is 1.19. The lowest BCUT2D eigenvalue weighted by Crippen LogP contribution is -2.30. The molecule has 1 unspecified atom stereocenters. The van der Waals surface area contributed by atoms with Crippen LogP contribution in [0, 0.1) is 5.82 Å². The van der Waals surface area contributed by atoms with Gasteiger partial charge in [0.1, 0.15) is 5.82 Å². The third-order valence-electron chi connectivity index (χ3n) is 3.06. The topological polar surface area (TPSA) is 12.0 Å². The Morgan fingerprint density at radius 1 is 1.20 bits per heavy atom. The van der Waals surface area contributed by atoms with Gasteiger partial charge in [-0.25, -0.2) is 4.39 Å². The van der Waals surface area contributed by atoms with Gasteiger partial charge in [-0.1, -0.05) is 35.9 Å². The molecule has 2 rings (SSSR count). The molecule has 106 valence electrons. The summed E-state index contributed by atoms with van der Waals surface area (Å²) in [5, 5.41) is 4.02. The molecule has 0 aliphatic carbocycles. The molecule has 0 saturated carbocycles. The van der Waals surface area contributed by atoms with E-state index in [9.17, 15) is 4.39 Å². The molecule has 20 heavy (non-hydrogen) atoms. The summed E-state index contributed by atoms with van der Waals surface area (Å²) < 4.78 is 13.6. The number of hydrogen-bond acceptors (Lipinski definition) is 2. The average molecular weight is 310 g/mol. The van der Waals surface area contributed by atoms with Crippen molar-refractivity contribution in [2.24, 2.45) is 0 Å². The van der Waals surface area contributed by atoms with Crippen LogP contribution in [0.4, 0.5) is 4.39 Å². The van der Waals surface area contributed by atoms with E-state index in [0.717, 1.165) is 17.2 Å². The van der Waals surface area contributed by atoms with Gasteiger partial charge >= 0.3 is 0 Å². The molecule has 1 N–H and O–H groups in total. The zero-order chi connectivity index (χ0) is 14.4. The average Bonchev–Trinajstić information content (AvgIpc) is 2.45. The van der Waals surface area contributed by atoms with Crippen molar-refractivity contribution in [1.82, 2.24) is 5.32 Å². The number of halogens is 2. The first-order valence-corrected chi connectivity index (χ1v) is 7.84. The predicted octanol–water partition coefficient (Wildman–Crippen LogP) is 4.40. The number of rotatable bonds is 6. The zero-order valence-electron chi connectivity index (χ0n) is 11.3. The molecule has 2 aromatic carbocycles. The van der Waals surface area contributed by atoms with Crippen molar-refractivity contribution in [1.29, 1.82) is 0 Å². The van der Waals surface area contributed by atoms with E-state index in [2.05, 4.69) is 11.4 Å². The second kappa shape index (κ2) is 7.67. The van der Waals surface area contributed by atoms with Gasteiger partial charge in [-0.05, 0) is 43.3 Å². The van der Waals surface area contributed by atoms with Crippen LogP contribution in [-0.4, -0.2) is 18.8 Å². The van der Waals surface area contributed by atoms with Crippen molar-refractivity contribution in [2.75, 3.05) is 12.8 Å². The van der Waals surface area contributed by atoms with Gasteiger partial charge in [0.2, 0.25) is 0 Å². The summed E-state index contributed by atoms with van der Waals surface area (Å²) in [4.78, 5) is 0.693. The van der Waals surface area contributed by atoms with Crippen LogP contribution in [-0.2, 0) is 6.42 Å². The van der Waals surface area contributed by atoms with Crippen molar-refractivity contribution in [3.05, 3.63) is 64.9 Å². The molecule has 2 aromatic rings. The quantitative estimate of drug-likeness (QED) is 0.794. The van der Waals surface area contributed by atoms with Crippen molar-refractivity contribution in [3.8, 4) is 0 Å². The number of thioether (sulfide) groups is 1. The van der Waals surface area contributed by atoms with Gasteiger partial charge in [0.15, 0.2) is 0 Å². The molecule has 1 nitrogen and oxygen atoms in total. The maximum atomic E-state index is 13.6. The van der Waals surface area contributed by atoms with Crippen LogP contribution in [0.15, 0.2) is 53.4 Å². The van der Waals surface area contributed by atoms with Gasteiger partial charge < -0.3 is 5.32 Å². The van der Waals surface area contributed by atoms with E-state index in [1.807, 2.05) is 37.4 Å². The normalized spacial score (nSPS) is 12.3. The smallest absolute Gasteiger partial charge is 0.136 e. The SMILES string of the molecule is CNC(CSc1ccccc1F)Cc1cccc(Cl)c1. The molecule has 0 fully saturated rings. The fourth-order valence-electron chi connectivity index (χ4n) is 1.94. The molecule has 0 bridgehead atoms. The molecule has 0 amide bonds. The standard InChI is InChI=1S/C16H17ClFNS/c1-19-14(10-12-5-4-6-13(17)9-12)11-20-16-8-3-2-7-15(16)18/h2-9,14,19H,10-11H2,1H3. The summed E-state index contributed by atoms with van der Waals surface area (Å²) in [6.07, 6.45) is 0.874. The number of nitrogens with one attached hydrogen (secondary N) is 1. The van der Waals surface area contributed by atoms with E-state index >= 15 is 0 Å². The van der Waals surface area contributed by atoms with Crippen molar-refractivity contribution < 1.29 is 4.39 Å². The van der Waals surface area contributed by atoms with Gasteiger partial charge in [-0.15, -0.1) is 11.8 Å².